The molecule has 0 aromatic heterocycles. The molecule has 8 heteroatoms. The lowest BCUT2D eigenvalue weighted by molar-refractivity contribution is -0.291. The lowest BCUT2D eigenvalue weighted by atomic mass is 9.75. The Kier molecular flexibility index (Phi) is 8.01. The Morgan fingerprint density at radius 1 is 0.914 bits per heavy atom. The summed E-state index contributed by atoms with van der Waals surface area (Å²) in [6.45, 7) is 11.9. The summed E-state index contributed by atoms with van der Waals surface area (Å²) in [7, 11) is 0. The minimum Gasteiger partial charge on any atom is -0.462 e. The van der Waals surface area contributed by atoms with E-state index in [1.165, 1.54) is 0 Å². The molecule has 3 fully saturated rings. The van der Waals surface area contributed by atoms with E-state index in [9.17, 15) is 15.0 Å². The van der Waals surface area contributed by atoms with Gasteiger partial charge >= 0.3 is 5.97 Å². The quantitative estimate of drug-likeness (QED) is 0.395. The van der Waals surface area contributed by atoms with E-state index in [1.807, 2.05) is 45.0 Å². The van der Waals surface area contributed by atoms with Crippen LogP contribution in [0.25, 0.3) is 0 Å². The van der Waals surface area contributed by atoms with Crippen LogP contribution in [-0.2, 0) is 23.7 Å². The summed E-state index contributed by atoms with van der Waals surface area (Å²) < 4.78 is 25.6. The van der Waals surface area contributed by atoms with Crippen molar-refractivity contribution in [3.05, 3.63) is 34.3 Å². The van der Waals surface area contributed by atoms with Gasteiger partial charge in [-0.3, -0.25) is 4.79 Å². The number of esters is 1. The monoisotopic (exact) mass is 554 g/mol. The highest BCUT2D eigenvalue weighted by molar-refractivity contribution is 9.10. The van der Waals surface area contributed by atoms with Crippen molar-refractivity contribution in [3.8, 4) is 0 Å². The fourth-order valence-electron chi connectivity index (χ4n) is 5.87. The zero-order valence-corrected chi connectivity index (χ0v) is 23.0. The number of epoxide rings is 1. The SMILES string of the molecule is C[C@@H]1[C@H]2O[C@H](c3ccc(Br)cc3)O[C@@H]1[C@@H](C)C(=O)O[C@H](C)[C@H](C)[C@H](O)[C@@H](C)[C@@H](O)[C@]1(CO1)C[C@@H]2C. The van der Waals surface area contributed by atoms with Crippen LogP contribution >= 0.6 is 15.9 Å². The van der Waals surface area contributed by atoms with E-state index in [0.29, 0.717) is 13.0 Å². The lowest BCUT2D eigenvalue weighted by Crippen LogP contribution is -2.52. The molecule has 0 unspecified atom stereocenters. The standard InChI is InChI=1S/C27H39BrO7/c1-13-11-27(12-32-27)24(30)15(3)21(29)14(2)18(6)33-25(31)17(5)23-16(4)22(13)34-26(35-23)19-7-9-20(28)10-8-19/h7-10,13-18,21-24,26,29-30H,11-12H2,1-6H3/t13-,14-,15+,16+,17+,18+,21-,22-,23-,24+,26-,27+/m0/s1. The fraction of sp³-hybridized carbons (Fsp3) is 0.741. The minimum absolute atomic E-state index is 0.0124. The Bertz CT molecular complexity index is 888. The van der Waals surface area contributed by atoms with Crippen molar-refractivity contribution >= 4 is 21.9 Å². The van der Waals surface area contributed by atoms with E-state index in [-0.39, 0.29) is 29.8 Å². The molecule has 35 heavy (non-hydrogen) atoms. The second kappa shape index (κ2) is 10.4. The van der Waals surface area contributed by atoms with Crippen molar-refractivity contribution in [1.82, 2.24) is 0 Å². The van der Waals surface area contributed by atoms with Crippen LogP contribution in [0.3, 0.4) is 0 Å². The lowest BCUT2D eigenvalue weighted by Gasteiger charge is -2.46. The van der Waals surface area contributed by atoms with Gasteiger partial charge in [-0.1, -0.05) is 55.8 Å². The molecule has 4 rings (SSSR count). The zero-order chi connectivity index (χ0) is 25.7. The molecule has 3 heterocycles. The van der Waals surface area contributed by atoms with Gasteiger partial charge in [0.25, 0.3) is 0 Å². The van der Waals surface area contributed by atoms with Crippen LogP contribution in [0.15, 0.2) is 28.7 Å². The number of aliphatic hydroxyl groups is 2. The largest absolute Gasteiger partial charge is 0.462 e. The molecule has 3 aliphatic rings. The summed E-state index contributed by atoms with van der Waals surface area (Å²) in [5, 5.41) is 22.2. The molecule has 0 amide bonds. The smallest absolute Gasteiger partial charge is 0.311 e. The molecule has 1 aromatic carbocycles. The predicted molar refractivity (Wildman–Crippen MR) is 133 cm³/mol. The van der Waals surface area contributed by atoms with Gasteiger partial charge in [-0.15, -0.1) is 0 Å². The molecule has 2 N–H and O–H groups in total. The number of cyclic esters (lactones) is 1. The van der Waals surface area contributed by atoms with Gasteiger partial charge in [0.05, 0.1) is 36.9 Å². The van der Waals surface area contributed by atoms with Gasteiger partial charge in [0.1, 0.15) is 11.7 Å². The number of hydrogen-bond donors (Lipinski definition) is 2. The minimum atomic E-state index is -0.852. The average molecular weight is 556 g/mol. The molecular formula is C27H39BrO7. The third-order valence-electron chi connectivity index (χ3n) is 8.51. The molecule has 1 aromatic rings. The topological polar surface area (TPSA) is 97.8 Å². The molecule has 2 bridgehead atoms. The summed E-state index contributed by atoms with van der Waals surface area (Å²) in [6, 6.07) is 7.78. The highest BCUT2D eigenvalue weighted by Gasteiger charge is 2.57. The van der Waals surface area contributed by atoms with Gasteiger partial charge in [-0.05, 0) is 38.3 Å². The highest BCUT2D eigenvalue weighted by Crippen LogP contribution is 2.46. The second-order valence-corrected chi connectivity index (χ2v) is 12.0. The number of fused-ring (bicyclic) bond motifs is 2. The number of hydrogen-bond acceptors (Lipinski definition) is 7. The summed E-state index contributed by atoms with van der Waals surface area (Å²) in [4.78, 5) is 13.2. The summed E-state index contributed by atoms with van der Waals surface area (Å²) >= 11 is 3.47. The van der Waals surface area contributed by atoms with E-state index in [1.54, 1.807) is 6.92 Å². The number of carbonyl (C=O) groups excluding carboxylic acids is 1. The molecule has 0 aliphatic carbocycles. The van der Waals surface area contributed by atoms with E-state index in [4.69, 9.17) is 18.9 Å². The molecule has 12 atom stereocenters. The fourth-order valence-corrected chi connectivity index (χ4v) is 6.14. The van der Waals surface area contributed by atoms with Gasteiger partial charge in [0.2, 0.25) is 0 Å². The summed E-state index contributed by atoms with van der Waals surface area (Å²) in [6.07, 6.45) is -2.92. The maximum Gasteiger partial charge on any atom is 0.311 e. The van der Waals surface area contributed by atoms with E-state index in [2.05, 4.69) is 29.8 Å². The Morgan fingerprint density at radius 3 is 2.11 bits per heavy atom. The van der Waals surface area contributed by atoms with Crippen molar-refractivity contribution in [2.24, 2.45) is 29.6 Å². The third kappa shape index (κ3) is 5.34. The molecule has 196 valence electrons. The molecule has 7 nitrogen and oxygen atoms in total. The number of rotatable bonds is 1. The first-order chi connectivity index (χ1) is 16.4. The molecular weight excluding hydrogens is 516 g/mol. The summed E-state index contributed by atoms with van der Waals surface area (Å²) in [5.74, 6) is -1.76. The average Bonchev–Trinajstić information content (AvgIpc) is 3.62. The van der Waals surface area contributed by atoms with Crippen molar-refractivity contribution in [2.75, 3.05) is 6.61 Å². The molecule has 0 radical (unpaired) electrons. The molecule has 0 saturated carbocycles. The van der Waals surface area contributed by atoms with Gasteiger partial charge in [-0.2, -0.15) is 0 Å². The molecule has 3 saturated heterocycles. The van der Waals surface area contributed by atoms with Crippen molar-refractivity contribution in [1.29, 1.82) is 0 Å². The van der Waals surface area contributed by atoms with Crippen LogP contribution in [0.1, 0.15) is 59.8 Å². The van der Waals surface area contributed by atoms with Crippen LogP contribution in [0.4, 0.5) is 0 Å². The van der Waals surface area contributed by atoms with Crippen LogP contribution in [0, 0.1) is 29.6 Å². The first-order valence-corrected chi connectivity index (χ1v) is 13.5. The van der Waals surface area contributed by atoms with Gasteiger partial charge in [0, 0.05) is 27.8 Å². The van der Waals surface area contributed by atoms with Crippen LogP contribution in [-0.4, -0.2) is 58.9 Å². The zero-order valence-electron chi connectivity index (χ0n) is 21.4. The number of benzene rings is 1. The number of aliphatic hydroxyl groups excluding tert-OH is 2. The second-order valence-electron chi connectivity index (χ2n) is 11.1. The first kappa shape index (κ1) is 27.0. The van der Waals surface area contributed by atoms with Crippen LogP contribution in [0.5, 0.6) is 0 Å². The Hall–Kier alpha value is -1.03. The van der Waals surface area contributed by atoms with Crippen LogP contribution < -0.4 is 0 Å². The molecule has 3 aliphatic heterocycles. The van der Waals surface area contributed by atoms with E-state index >= 15 is 0 Å². The predicted octanol–water partition coefficient (Wildman–Crippen LogP) is 4.24. The maximum atomic E-state index is 13.2. The van der Waals surface area contributed by atoms with E-state index in [0.717, 1.165) is 10.0 Å². The Balaban J connectivity index is 1.69. The summed E-state index contributed by atoms with van der Waals surface area (Å²) in [5.41, 5.74) is 0.166. The number of halogens is 1. The van der Waals surface area contributed by atoms with Gasteiger partial charge in [0.15, 0.2) is 6.29 Å². The number of ether oxygens (including phenoxy) is 4. The Labute approximate surface area is 216 Å². The Morgan fingerprint density at radius 2 is 1.51 bits per heavy atom. The van der Waals surface area contributed by atoms with Gasteiger partial charge in [-0.25, -0.2) is 0 Å². The highest BCUT2D eigenvalue weighted by atomic mass is 79.9. The van der Waals surface area contributed by atoms with E-state index < -0.39 is 48.1 Å². The van der Waals surface area contributed by atoms with Crippen molar-refractivity contribution in [2.45, 2.75) is 90.4 Å². The normalized spacial score (nSPS) is 47.1. The van der Waals surface area contributed by atoms with Gasteiger partial charge < -0.3 is 29.2 Å². The van der Waals surface area contributed by atoms with Crippen molar-refractivity contribution in [3.63, 3.8) is 0 Å². The first-order valence-electron chi connectivity index (χ1n) is 12.7. The molecule has 1 spiro atoms. The van der Waals surface area contributed by atoms with Crippen LogP contribution in [0.2, 0.25) is 0 Å². The van der Waals surface area contributed by atoms with Crippen molar-refractivity contribution < 1.29 is 34.0 Å². The third-order valence-corrected chi connectivity index (χ3v) is 9.03. The maximum absolute atomic E-state index is 13.2. The number of carbonyl (C=O) groups is 1.